The van der Waals surface area contributed by atoms with E-state index in [2.05, 4.69) is 34.1 Å². The molecule has 0 bridgehead atoms. The standard InChI is InChI=1S/C28H18BrCl2NO3S/c29-23-12-18(14-25-27(33)32(28(34)36-25)15-17-8-10-21(30)11-9-17)13-24(31)26(23)35-16-20-6-3-5-19-4-1-2-7-22(19)20/h1-14H,15-16H2/b25-14+. The lowest BCUT2D eigenvalue weighted by Gasteiger charge is -2.13. The second-order valence-electron chi connectivity index (χ2n) is 8.13. The zero-order chi connectivity index (χ0) is 25.2. The molecule has 0 aromatic heterocycles. The van der Waals surface area contributed by atoms with Crippen molar-refractivity contribution >= 4 is 78.9 Å². The first-order valence-corrected chi connectivity index (χ1v) is 13.3. The van der Waals surface area contributed by atoms with Gasteiger partial charge in [-0.05, 0) is 85.5 Å². The van der Waals surface area contributed by atoms with E-state index in [1.165, 1.54) is 4.90 Å². The molecule has 1 aliphatic rings. The smallest absolute Gasteiger partial charge is 0.293 e. The van der Waals surface area contributed by atoms with E-state index < -0.39 is 0 Å². The van der Waals surface area contributed by atoms with Crippen LogP contribution < -0.4 is 4.74 Å². The van der Waals surface area contributed by atoms with E-state index in [9.17, 15) is 9.59 Å². The lowest BCUT2D eigenvalue weighted by Crippen LogP contribution is -2.27. The topological polar surface area (TPSA) is 46.6 Å². The van der Waals surface area contributed by atoms with Crippen LogP contribution in [0.5, 0.6) is 5.75 Å². The molecule has 0 unspecified atom stereocenters. The van der Waals surface area contributed by atoms with Crippen molar-refractivity contribution in [3.63, 3.8) is 0 Å². The number of fused-ring (bicyclic) bond motifs is 1. The number of hydrogen-bond donors (Lipinski definition) is 0. The van der Waals surface area contributed by atoms with Crippen LogP contribution in [-0.2, 0) is 17.9 Å². The van der Waals surface area contributed by atoms with Gasteiger partial charge in [-0.25, -0.2) is 0 Å². The molecule has 5 rings (SSSR count). The highest BCUT2D eigenvalue weighted by Crippen LogP contribution is 2.38. The maximum atomic E-state index is 12.9. The van der Waals surface area contributed by atoms with Gasteiger partial charge in [-0.3, -0.25) is 14.5 Å². The number of carbonyl (C=O) groups excluding carboxylic acids is 2. The van der Waals surface area contributed by atoms with Gasteiger partial charge < -0.3 is 4.74 Å². The molecule has 0 radical (unpaired) electrons. The van der Waals surface area contributed by atoms with E-state index in [0.717, 1.165) is 33.7 Å². The highest BCUT2D eigenvalue weighted by molar-refractivity contribution is 9.10. The van der Waals surface area contributed by atoms with Crippen molar-refractivity contribution in [2.24, 2.45) is 0 Å². The third-order valence-corrected chi connectivity index (χ3v) is 7.73. The van der Waals surface area contributed by atoms with E-state index in [-0.39, 0.29) is 17.7 Å². The van der Waals surface area contributed by atoms with Crippen LogP contribution in [0.2, 0.25) is 10.0 Å². The number of rotatable bonds is 6. The molecule has 1 fully saturated rings. The average Bonchev–Trinajstić information content (AvgIpc) is 3.12. The predicted octanol–water partition coefficient (Wildman–Crippen LogP) is 8.72. The van der Waals surface area contributed by atoms with E-state index in [4.69, 9.17) is 27.9 Å². The first kappa shape index (κ1) is 24.9. The fraction of sp³-hybridized carbons (Fsp3) is 0.0714. The molecule has 4 nitrogen and oxygen atoms in total. The summed E-state index contributed by atoms with van der Waals surface area (Å²) in [4.78, 5) is 27.0. The van der Waals surface area contributed by atoms with Crippen molar-refractivity contribution in [3.05, 3.63) is 115 Å². The van der Waals surface area contributed by atoms with Crippen LogP contribution in [0.15, 0.2) is 88.2 Å². The van der Waals surface area contributed by atoms with Crippen LogP contribution in [0, 0.1) is 0 Å². The Morgan fingerprint density at radius 3 is 2.47 bits per heavy atom. The number of thioether (sulfide) groups is 1. The van der Waals surface area contributed by atoms with Crippen LogP contribution >= 0.6 is 50.9 Å². The fourth-order valence-corrected chi connectivity index (χ4v) is 5.88. The lowest BCUT2D eigenvalue weighted by molar-refractivity contribution is -0.123. The maximum Gasteiger partial charge on any atom is 0.293 e. The van der Waals surface area contributed by atoms with E-state index >= 15 is 0 Å². The first-order chi connectivity index (χ1) is 17.4. The van der Waals surface area contributed by atoms with Gasteiger partial charge in [-0.2, -0.15) is 0 Å². The summed E-state index contributed by atoms with van der Waals surface area (Å²) in [5.74, 6) is 0.168. The summed E-state index contributed by atoms with van der Waals surface area (Å²) in [7, 11) is 0. The van der Waals surface area contributed by atoms with Crippen LogP contribution in [0.4, 0.5) is 4.79 Å². The number of hydrogen-bond acceptors (Lipinski definition) is 4. The van der Waals surface area contributed by atoms with Crippen LogP contribution in [0.1, 0.15) is 16.7 Å². The molecule has 8 heteroatoms. The molecule has 1 saturated heterocycles. The summed E-state index contributed by atoms with van der Waals surface area (Å²) in [5, 5.41) is 2.94. The minimum atomic E-state index is -0.344. The summed E-state index contributed by atoms with van der Waals surface area (Å²) in [6, 6.07) is 24.8. The number of ether oxygens (including phenoxy) is 1. The normalized spacial score (nSPS) is 14.8. The quantitative estimate of drug-likeness (QED) is 0.208. The van der Waals surface area contributed by atoms with Crippen molar-refractivity contribution in [2.45, 2.75) is 13.2 Å². The SMILES string of the molecule is O=C1S/C(=C/c2cc(Cl)c(OCc3cccc4ccccc34)c(Br)c2)C(=O)N1Cc1ccc(Cl)cc1. The molecule has 180 valence electrons. The van der Waals surface area contributed by atoms with Crippen molar-refractivity contribution < 1.29 is 14.3 Å². The molecule has 4 aromatic rings. The first-order valence-electron chi connectivity index (χ1n) is 11.0. The third-order valence-electron chi connectivity index (χ3n) is 5.70. The second-order valence-corrected chi connectivity index (χ2v) is 10.8. The lowest BCUT2D eigenvalue weighted by atomic mass is 10.1. The summed E-state index contributed by atoms with van der Waals surface area (Å²) in [6.45, 7) is 0.535. The van der Waals surface area contributed by atoms with Crippen LogP contribution in [0.3, 0.4) is 0 Å². The highest BCUT2D eigenvalue weighted by atomic mass is 79.9. The molecule has 4 aromatic carbocycles. The van der Waals surface area contributed by atoms with Crippen molar-refractivity contribution in [1.29, 1.82) is 0 Å². The molecular formula is C28H18BrCl2NO3S. The summed E-state index contributed by atoms with van der Waals surface area (Å²) >= 11 is 16.9. The van der Waals surface area contributed by atoms with Gasteiger partial charge in [0.25, 0.3) is 11.1 Å². The molecule has 0 aliphatic carbocycles. The Labute approximate surface area is 231 Å². The summed E-state index contributed by atoms with van der Waals surface area (Å²) in [5.41, 5.74) is 2.55. The number of nitrogens with zero attached hydrogens (tertiary/aromatic N) is 1. The minimum absolute atomic E-state index is 0.185. The Morgan fingerprint density at radius 2 is 1.69 bits per heavy atom. The molecule has 36 heavy (non-hydrogen) atoms. The zero-order valence-electron chi connectivity index (χ0n) is 18.7. The van der Waals surface area contributed by atoms with Gasteiger partial charge in [0.2, 0.25) is 0 Å². The molecular weight excluding hydrogens is 581 g/mol. The van der Waals surface area contributed by atoms with Gasteiger partial charge in [0, 0.05) is 5.02 Å². The molecule has 0 N–H and O–H groups in total. The Bertz CT molecular complexity index is 1490. The molecule has 0 saturated carbocycles. The predicted molar refractivity (Wildman–Crippen MR) is 150 cm³/mol. The Kier molecular flexibility index (Phi) is 7.39. The molecule has 0 spiro atoms. The number of amides is 2. The summed E-state index contributed by atoms with van der Waals surface area (Å²) in [6.07, 6.45) is 1.66. The van der Waals surface area contributed by atoms with Gasteiger partial charge in [0.05, 0.1) is 20.9 Å². The van der Waals surface area contributed by atoms with Crippen LogP contribution in [-0.4, -0.2) is 16.0 Å². The van der Waals surface area contributed by atoms with E-state index in [0.29, 0.717) is 37.3 Å². The van der Waals surface area contributed by atoms with E-state index in [1.807, 2.05) is 30.3 Å². The van der Waals surface area contributed by atoms with Crippen LogP contribution in [0.25, 0.3) is 16.8 Å². The van der Waals surface area contributed by atoms with E-state index in [1.54, 1.807) is 36.4 Å². The van der Waals surface area contributed by atoms with Crippen molar-refractivity contribution in [2.75, 3.05) is 0 Å². The Morgan fingerprint density at radius 1 is 0.944 bits per heavy atom. The maximum absolute atomic E-state index is 12.9. The van der Waals surface area contributed by atoms with Gasteiger partial charge in [-0.15, -0.1) is 0 Å². The zero-order valence-corrected chi connectivity index (χ0v) is 22.6. The molecule has 1 heterocycles. The van der Waals surface area contributed by atoms with Crippen molar-refractivity contribution in [3.8, 4) is 5.75 Å². The molecule has 1 aliphatic heterocycles. The Hall–Kier alpha value is -2.77. The second kappa shape index (κ2) is 10.7. The highest BCUT2D eigenvalue weighted by Gasteiger charge is 2.35. The third kappa shape index (κ3) is 5.32. The molecule has 2 amide bonds. The van der Waals surface area contributed by atoms with Gasteiger partial charge in [0.1, 0.15) is 6.61 Å². The van der Waals surface area contributed by atoms with Crippen molar-refractivity contribution in [1.82, 2.24) is 4.90 Å². The number of imide groups is 1. The number of benzene rings is 4. The largest absolute Gasteiger partial charge is 0.486 e. The monoisotopic (exact) mass is 597 g/mol. The minimum Gasteiger partial charge on any atom is -0.486 e. The average molecular weight is 599 g/mol. The summed E-state index contributed by atoms with van der Waals surface area (Å²) < 4.78 is 6.73. The van der Waals surface area contributed by atoms with Gasteiger partial charge >= 0.3 is 0 Å². The van der Waals surface area contributed by atoms with Gasteiger partial charge in [0.15, 0.2) is 5.75 Å². The fourth-order valence-electron chi connectivity index (χ4n) is 3.93. The number of carbonyl (C=O) groups is 2. The molecule has 0 atom stereocenters. The Balaban J connectivity index is 1.33. The van der Waals surface area contributed by atoms with Gasteiger partial charge in [-0.1, -0.05) is 77.8 Å². The number of halogens is 3.